The van der Waals surface area contributed by atoms with E-state index in [1.54, 1.807) is 0 Å². The van der Waals surface area contributed by atoms with Gasteiger partial charge < -0.3 is 10.6 Å². The maximum absolute atomic E-state index is 3.79. The molecule has 1 atom stereocenters. The van der Waals surface area contributed by atoms with Crippen molar-refractivity contribution in [3.8, 4) is 0 Å². The van der Waals surface area contributed by atoms with E-state index in [0.717, 1.165) is 0 Å². The van der Waals surface area contributed by atoms with Crippen LogP contribution in [0, 0.1) is 0 Å². The fourth-order valence-corrected chi connectivity index (χ4v) is 3.36. The van der Waals surface area contributed by atoms with Crippen molar-refractivity contribution in [3.05, 3.63) is 0 Å². The maximum Gasteiger partial charge on any atom is 0.0144 e. The van der Waals surface area contributed by atoms with Crippen molar-refractivity contribution in [1.29, 1.82) is 0 Å². The van der Waals surface area contributed by atoms with Gasteiger partial charge in [-0.25, -0.2) is 0 Å². The second-order valence-electron chi connectivity index (χ2n) is 6.85. The average Bonchev–Trinajstić information content (AvgIpc) is 1.96. The van der Waals surface area contributed by atoms with Crippen LogP contribution in [0.25, 0.3) is 0 Å². The summed E-state index contributed by atoms with van der Waals surface area (Å²) in [6, 6.07) is 1.31. The Labute approximate surface area is 102 Å². The van der Waals surface area contributed by atoms with Gasteiger partial charge in [-0.2, -0.15) is 0 Å². The molecular formula is C14H30N2. The van der Waals surface area contributed by atoms with Gasteiger partial charge in [-0.1, -0.05) is 13.3 Å². The van der Waals surface area contributed by atoms with Crippen molar-refractivity contribution in [2.75, 3.05) is 0 Å². The molecule has 1 fully saturated rings. The molecule has 1 aliphatic rings. The largest absolute Gasteiger partial charge is 0.311 e. The lowest BCUT2D eigenvalue weighted by Crippen LogP contribution is -2.62. The Morgan fingerprint density at radius 3 is 2.12 bits per heavy atom. The molecule has 0 radical (unpaired) electrons. The van der Waals surface area contributed by atoms with E-state index in [2.05, 4.69) is 52.2 Å². The number of hydrogen-bond donors (Lipinski definition) is 2. The molecule has 0 aromatic rings. The van der Waals surface area contributed by atoms with Gasteiger partial charge in [0.15, 0.2) is 0 Å². The van der Waals surface area contributed by atoms with Crippen LogP contribution >= 0.6 is 0 Å². The van der Waals surface area contributed by atoms with Crippen LogP contribution in [0.2, 0.25) is 0 Å². The summed E-state index contributed by atoms with van der Waals surface area (Å²) in [6.45, 7) is 13.8. The summed E-state index contributed by atoms with van der Waals surface area (Å²) in [5.41, 5.74) is 0.511. The highest BCUT2D eigenvalue weighted by atomic mass is 15.1. The Bertz CT molecular complexity index is 205. The Morgan fingerprint density at radius 1 is 1.19 bits per heavy atom. The van der Waals surface area contributed by atoms with Crippen LogP contribution in [0.15, 0.2) is 0 Å². The normalized spacial score (nSPS) is 26.6. The molecule has 1 aliphatic heterocycles. The topological polar surface area (TPSA) is 24.1 Å². The van der Waals surface area contributed by atoms with Crippen molar-refractivity contribution < 1.29 is 0 Å². The molecular weight excluding hydrogens is 196 g/mol. The van der Waals surface area contributed by atoms with E-state index in [-0.39, 0.29) is 11.1 Å². The minimum Gasteiger partial charge on any atom is -0.311 e. The first-order valence-corrected chi connectivity index (χ1v) is 6.79. The molecule has 2 heteroatoms. The molecule has 2 nitrogen and oxygen atoms in total. The van der Waals surface area contributed by atoms with Crippen LogP contribution in [0.4, 0.5) is 0 Å². The zero-order valence-electron chi connectivity index (χ0n) is 12.0. The SMILES string of the molecule is CCCC(C)NC1CC(C)(C)NC(C)(C)C1. The molecule has 0 aromatic heterocycles. The maximum atomic E-state index is 3.79. The third-order valence-corrected chi connectivity index (χ3v) is 3.43. The van der Waals surface area contributed by atoms with Gasteiger partial charge in [0.05, 0.1) is 0 Å². The fraction of sp³-hybridized carbons (Fsp3) is 1.00. The van der Waals surface area contributed by atoms with Crippen molar-refractivity contribution in [2.24, 2.45) is 0 Å². The van der Waals surface area contributed by atoms with Crippen LogP contribution < -0.4 is 10.6 Å². The van der Waals surface area contributed by atoms with E-state index in [1.807, 2.05) is 0 Å². The van der Waals surface area contributed by atoms with E-state index in [4.69, 9.17) is 0 Å². The molecule has 0 aliphatic carbocycles. The van der Waals surface area contributed by atoms with Crippen molar-refractivity contribution in [3.63, 3.8) is 0 Å². The van der Waals surface area contributed by atoms with Gasteiger partial charge in [0.1, 0.15) is 0 Å². The molecule has 0 amide bonds. The third kappa shape index (κ3) is 4.42. The standard InChI is InChI=1S/C14H30N2/c1-7-8-11(2)15-12-9-13(3,4)16-14(5,6)10-12/h11-12,15-16H,7-10H2,1-6H3. The molecule has 1 rings (SSSR count). The Kier molecular flexibility index (Phi) is 4.42. The Hall–Kier alpha value is -0.0800. The monoisotopic (exact) mass is 226 g/mol. The van der Waals surface area contributed by atoms with Crippen LogP contribution in [-0.4, -0.2) is 23.2 Å². The van der Waals surface area contributed by atoms with Gasteiger partial charge in [-0.3, -0.25) is 0 Å². The van der Waals surface area contributed by atoms with E-state index < -0.39 is 0 Å². The van der Waals surface area contributed by atoms with Gasteiger partial charge >= 0.3 is 0 Å². The minimum atomic E-state index is 0.255. The number of rotatable bonds is 4. The van der Waals surface area contributed by atoms with E-state index >= 15 is 0 Å². The minimum absolute atomic E-state index is 0.255. The molecule has 0 spiro atoms. The summed E-state index contributed by atoms with van der Waals surface area (Å²) in [4.78, 5) is 0. The second kappa shape index (κ2) is 5.05. The summed E-state index contributed by atoms with van der Waals surface area (Å²) in [7, 11) is 0. The molecule has 0 aromatic carbocycles. The lowest BCUT2D eigenvalue weighted by Gasteiger charge is -2.47. The van der Waals surface area contributed by atoms with Gasteiger partial charge in [0.2, 0.25) is 0 Å². The molecule has 0 saturated carbocycles. The lowest BCUT2D eigenvalue weighted by atomic mass is 9.79. The average molecular weight is 226 g/mol. The zero-order valence-corrected chi connectivity index (χ0v) is 12.0. The summed E-state index contributed by atoms with van der Waals surface area (Å²) in [5.74, 6) is 0. The third-order valence-electron chi connectivity index (χ3n) is 3.43. The highest BCUT2D eigenvalue weighted by Gasteiger charge is 2.37. The van der Waals surface area contributed by atoms with Crippen molar-refractivity contribution in [2.45, 2.75) is 90.4 Å². The zero-order chi connectivity index (χ0) is 12.4. The molecule has 1 saturated heterocycles. The summed E-state index contributed by atoms with van der Waals surface area (Å²) in [6.07, 6.45) is 5.01. The molecule has 96 valence electrons. The number of hydrogen-bond acceptors (Lipinski definition) is 2. The van der Waals surface area contributed by atoms with Crippen LogP contribution in [0.1, 0.15) is 67.2 Å². The molecule has 16 heavy (non-hydrogen) atoms. The quantitative estimate of drug-likeness (QED) is 0.770. The highest BCUT2D eigenvalue weighted by Crippen LogP contribution is 2.28. The van der Waals surface area contributed by atoms with Crippen molar-refractivity contribution >= 4 is 0 Å². The number of nitrogens with one attached hydrogen (secondary N) is 2. The van der Waals surface area contributed by atoms with Gasteiger partial charge in [0.25, 0.3) is 0 Å². The van der Waals surface area contributed by atoms with E-state index in [9.17, 15) is 0 Å². The predicted octanol–water partition coefficient (Wildman–Crippen LogP) is 3.07. The first-order chi connectivity index (χ1) is 7.24. The predicted molar refractivity (Wildman–Crippen MR) is 71.8 cm³/mol. The highest BCUT2D eigenvalue weighted by molar-refractivity contribution is 4.99. The van der Waals surface area contributed by atoms with Crippen LogP contribution in [0.3, 0.4) is 0 Å². The summed E-state index contributed by atoms with van der Waals surface area (Å²) >= 11 is 0. The molecule has 0 bridgehead atoms. The smallest absolute Gasteiger partial charge is 0.0144 e. The van der Waals surface area contributed by atoms with Crippen LogP contribution in [-0.2, 0) is 0 Å². The molecule has 1 unspecified atom stereocenters. The van der Waals surface area contributed by atoms with Gasteiger partial charge in [-0.15, -0.1) is 0 Å². The van der Waals surface area contributed by atoms with Crippen molar-refractivity contribution in [1.82, 2.24) is 10.6 Å². The summed E-state index contributed by atoms with van der Waals surface area (Å²) < 4.78 is 0. The molecule has 2 N–H and O–H groups in total. The Morgan fingerprint density at radius 2 is 1.69 bits per heavy atom. The van der Waals surface area contributed by atoms with Crippen LogP contribution in [0.5, 0.6) is 0 Å². The number of piperidine rings is 1. The second-order valence-corrected chi connectivity index (χ2v) is 6.85. The van der Waals surface area contributed by atoms with Gasteiger partial charge in [-0.05, 0) is 53.9 Å². The first kappa shape index (κ1) is 14.0. The Balaban J connectivity index is 2.54. The first-order valence-electron chi connectivity index (χ1n) is 6.79. The lowest BCUT2D eigenvalue weighted by molar-refractivity contribution is 0.140. The fourth-order valence-electron chi connectivity index (χ4n) is 3.36. The summed E-state index contributed by atoms with van der Waals surface area (Å²) in [5, 5.41) is 7.52. The molecule has 1 heterocycles. The van der Waals surface area contributed by atoms with Gasteiger partial charge in [0, 0.05) is 23.2 Å². The van der Waals surface area contributed by atoms with E-state index in [0.29, 0.717) is 12.1 Å². The van der Waals surface area contributed by atoms with E-state index in [1.165, 1.54) is 25.7 Å².